The summed E-state index contributed by atoms with van der Waals surface area (Å²) in [5.41, 5.74) is 1.41. The molecule has 156 valence electrons. The molecule has 2 aliphatic heterocycles. The molecule has 0 spiro atoms. The van der Waals surface area contributed by atoms with E-state index in [1.807, 2.05) is 30.3 Å². The van der Waals surface area contributed by atoms with Crippen molar-refractivity contribution in [3.63, 3.8) is 0 Å². The van der Waals surface area contributed by atoms with Crippen molar-refractivity contribution in [2.75, 3.05) is 17.1 Å². The van der Waals surface area contributed by atoms with Gasteiger partial charge >= 0.3 is 5.97 Å². The Hall–Kier alpha value is -3.91. The number of methoxy groups -OCH3 is 1. The number of carbonyl (C=O) groups is 3. The van der Waals surface area contributed by atoms with Crippen LogP contribution in [-0.4, -0.2) is 31.0 Å². The second-order valence-electron chi connectivity index (χ2n) is 7.22. The molecule has 2 aromatic carbocycles. The molecule has 0 radical (unpaired) electrons. The average molecular weight is 418 g/mol. The lowest BCUT2D eigenvalue weighted by molar-refractivity contribution is -0.126. The van der Waals surface area contributed by atoms with Gasteiger partial charge in [0, 0.05) is 0 Å². The molecule has 2 amide bonds. The fourth-order valence-corrected chi connectivity index (χ4v) is 4.08. The van der Waals surface area contributed by atoms with E-state index in [-0.39, 0.29) is 5.91 Å². The maximum absolute atomic E-state index is 13.4. The minimum absolute atomic E-state index is 0.325. The van der Waals surface area contributed by atoms with Crippen LogP contribution in [0.25, 0.3) is 0 Å². The van der Waals surface area contributed by atoms with Crippen LogP contribution in [0.15, 0.2) is 77.4 Å². The summed E-state index contributed by atoms with van der Waals surface area (Å²) in [6, 6.07) is 18.3. The predicted octanol–water partition coefficient (Wildman–Crippen LogP) is 3.12. The number of fused-ring (bicyclic) bond motifs is 1. The van der Waals surface area contributed by atoms with Gasteiger partial charge < -0.3 is 9.15 Å². The lowest BCUT2D eigenvalue weighted by atomic mass is 9.94. The van der Waals surface area contributed by atoms with Crippen LogP contribution in [-0.2, 0) is 19.2 Å². The highest BCUT2D eigenvalue weighted by molar-refractivity contribution is 6.24. The van der Waals surface area contributed by atoms with E-state index < -0.39 is 29.9 Å². The number of anilines is 2. The third-order valence-electron chi connectivity index (χ3n) is 5.51. The van der Waals surface area contributed by atoms with Crippen molar-refractivity contribution in [1.82, 2.24) is 0 Å². The topological polar surface area (TPSA) is 89.3 Å². The molecule has 0 saturated carbocycles. The molecule has 1 aromatic heterocycles. The Morgan fingerprint density at radius 3 is 2.29 bits per heavy atom. The summed E-state index contributed by atoms with van der Waals surface area (Å²) in [5.74, 6) is -1.60. The Labute approximate surface area is 177 Å². The second-order valence-corrected chi connectivity index (χ2v) is 7.22. The maximum Gasteiger partial charge on any atom is 0.337 e. The SMILES string of the molecule is COC(=O)c1ccc(N2C(=O)[C@H]3[C@H](ON(c4ccccc4)[C@@H]3c3ccco3)C2=O)cc1. The van der Waals surface area contributed by atoms with Crippen LogP contribution in [0.4, 0.5) is 11.4 Å². The Bertz CT molecular complexity index is 1130. The molecule has 5 rings (SSSR count). The summed E-state index contributed by atoms with van der Waals surface area (Å²) in [5, 5.41) is 1.57. The molecule has 3 aromatic rings. The van der Waals surface area contributed by atoms with Crippen molar-refractivity contribution in [3.8, 4) is 0 Å². The van der Waals surface area contributed by atoms with E-state index in [1.165, 1.54) is 25.5 Å². The van der Waals surface area contributed by atoms with Crippen molar-refractivity contribution in [3.05, 3.63) is 84.3 Å². The Morgan fingerprint density at radius 1 is 0.903 bits per heavy atom. The lowest BCUT2D eigenvalue weighted by Crippen LogP contribution is -2.37. The van der Waals surface area contributed by atoms with E-state index in [1.54, 1.807) is 29.3 Å². The van der Waals surface area contributed by atoms with Gasteiger partial charge in [0.25, 0.3) is 5.91 Å². The van der Waals surface area contributed by atoms with Crippen LogP contribution in [0.5, 0.6) is 0 Å². The number of nitrogens with zero attached hydrogens (tertiary/aromatic N) is 2. The van der Waals surface area contributed by atoms with Gasteiger partial charge in [-0.15, -0.1) is 0 Å². The van der Waals surface area contributed by atoms with Gasteiger partial charge in [-0.2, -0.15) is 0 Å². The summed E-state index contributed by atoms with van der Waals surface area (Å²) >= 11 is 0. The number of carbonyl (C=O) groups excluding carboxylic acids is 3. The molecular formula is C23H18N2O6. The van der Waals surface area contributed by atoms with E-state index >= 15 is 0 Å². The molecule has 31 heavy (non-hydrogen) atoms. The number of furan rings is 1. The summed E-state index contributed by atoms with van der Waals surface area (Å²) in [4.78, 5) is 45.4. The summed E-state index contributed by atoms with van der Waals surface area (Å²) < 4.78 is 10.3. The fraction of sp³-hybridized carbons (Fsp3) is 0.174. The largest absolute Gasteiger partial charge is 0.467 e. The minimum Gasteiger partial charge on any atom is -0.467 e. The van der Waals surface area contributed by atoms with Gasteiger partial charge in [0.2, 0.25) is 5.91 Å². The van der Waals surface area contributed by atoms with Gasteiger partial charge in [-0.25, -0.2) is 14.8 Å². The fourth-order valence-electron chi connectivity index (χ4n) is 4.08. The van der Waals surface area contributed by atoms with Gasteiger partial charge in [0.05, 0.1) is 30.3 Å². The molecule has 0 bridgehead atoms. The molecule has 0 N–H and O–H groups in total. The third-order valence-corrected chi connectivity index (χ3v) is 5.51. The van der Waals surface area contributed by atoms with Crippen LogP contribution >= 0.6 is 0 Å². The summed E-state index contributed by atoms with van der Waals surface area (Å²) in [6.45, 7) is 0. The van der Waals surface area contributed by atoms with E-state index in [2.05, 4.69) is 0 Å². The number of para-hydroxylation sites is 1. The molecule has 2 saturated heterocycles. The number of hydrogen-bond acceptors (Lipinski definition) is 7. The van der Waals surface area contributed by atoms with Crippen LogP contribution in [0.1, 0.15) is 22.2 Å². The minimum atomic E-state index is -0.983. The summed E-state index contributed by atoms with van der Waals surface area (Å²) in [6.07, 6.45) is 0.541. The van der Waals surface area contributed by atoms with Crippen LogP contribution in [0.2, 0.25) is 0 Å². The van der Waals surface area contributed by atoms with E-state index in [9.17, 15) is 14.4 Å². The highest BCUT2D eigenvalue weighted by Gasteiger charge is 2.61. The van der Waals surface area contributed by atoms with Gasteiger partial charge in [-0.05, 0) is 48.5 Å². The Kier molecular flexibility index (Phi) is 4.56. The molecular weight excluding hydrogens is 400 g/mol. The Balaban J connectivity index is 1.51. The zero-order chi connectivity index (χ0) is 21.5. The maximum atomic E-state index is 13.4. The predicted molar refractivity (Wildman–Crippen MR) is 109 cm³/mol. The molecule has 8 heteroatoms. The lowest BCUT2D eigenvalue weighted by Gasteiger charge is -2.27. The number of hydrogen-bond donors (Lipinski definition) is 0. The summed E-state index contributed by atoms with van der Waals surface area (Å²) in [7, 11) is 1.29. The molecule has 2 fully saturated rings. The smallest absolute Gasteiger partial charge is 0.337 e. The number of amides is 2. The van der Waals surface area contributed by atoms with Gasteiger partial charge in [-0.1, -0.05) is 18.2 Å². The van der Waals surface area contributed by atoms with Crippen LogP contribution in [0.3, 0.4) is 0 Å². The van der Waals surface area contributed by atoms with E-state index in [0.29, 0.717) is 22.7 Å². The number of benzene rings is 2. The highest BCUT2D eigenvalue weighted by Crippen LogP contribution is 2.47. The Morgan fingerprint density at radius 2 is 1.65 bits per heavy atom. The van der Waals surface area contributed by atoms with Crippen molar-refractivity contribution < 1.29 is 28.4 Å². The van der Waals surface area contributed by atoms with Gasteiger partial charge in [-0.3, -0.25) is 14.4 Å². The molecule has 3 heterocycles. The van der Waals surface area contributed by atoms with Crippen LogP contribution < -0.4 is 9.96 Å². The van der Waals surface area contributed by atoms with Gasteiger partial charge in [0.1, 0.15) is 17.7 Å². The van der Waals surface area contributed by atoms with E-state index in [0.717, 1.165) is 4.90 Å². The van der Waals surface area contributed by atoms with E-state index in [4.69, 9.17) is 14.0 Å². The highest BCUT2D eigenvalue weighted by atomic mass is 16.7. The first-order chi connectivity index (χ1) is 15.1. The van der Waals surface area contributed by atoms with Crippen molar-refractivity contribution >= 4 is 29.2 Å². The third kappa shape index (κ3) is 3.00. The molecule has 2 aliphatic rings. The number of hydroxylamine groups is 1. The van der Waals surface area contributed by atoms with Crippen molar-refractivity contribution in [2.24, 2.45) is 5.92 Å². The number of imide groups is 1. The average Bonchev–Trinajstić information content (AvgIpc) is 3.51. The zero-order valence-electron chi connectivity index (χ0n) is 16.5. The second kappa shape index (κ2) is 7.41. The molecule has 8 nitrogen and oxygen atoms in total. The first-order valence-corrected chi connectivity index (χ1v) is 9.71. The zero-order valence-corrected chi connectivity index (χ0v) is 16.5. The van der Waals surface area contributed by atoms with Gasteiger partial charge in [0.15, 0.2) is 6.10 Å². The monoisotopic (exact) mass is 418 g/mol. The standard InChI is InChI=1S/C23H18N2O6/c1-29-23(28)14-9-11-15(12-10-14)24-21(26)18-19(17-8-5-13-30-17)25(31-20(18)22(24)27)16-6-3-2-4-7-16/h2-13,18-20H,1H3/t18-,19-,20+/m1/s1. The normalized spacial score (nSPS) is 22.7. The van der Waals surface area contributed by atoms with Crippen molar-refractivity contribution in [1.29, 1.82) is 0 Å². The quantitative estimate of drug-likeness (QED) is 0.475. The van der Waals surface area contributed by atoms with Crippen molar-refractivity contribution in [2.45, 2.75) is 12.1 Å². The molecule has 0 unspecified atom stereocenters. The molecule has 0 aliphatic carbocycles. The number of ether oxygens (including phenoxy) is 1. The molecule has 3 atom stereocenters. The number of rotatable bonds is 4. The number of esters is 1. The first kappa shape index (κ1) is 19.1. The first-order valence-electron chi connectivity index (χ1n) is 9.71. The van der Waals surface area contributed by atoms with Crippen LogP contribution in [0, 0.1) is 5.92 Å².